The van der Waals surface area contributed by atoms with Crippen molar-refractivity contribution >= 4 is 11.8 Å². The maximum atomic E-state index is 13.6. The predicted octanol–water partition coefficient (Wildman–Crippen LogP) is 4.37. The molecule has 1 aromatic carbocycles. The fourth-order valence-electron chi connectivity index (χ4n) is 2.66. The van der Waals surface area contributed by atoms with Gasteiger partial charge in [0.2, 0.25) is 0 Å². The molecule has 4 nitrogen and oxygen atoms in total. The third kappa shape index (κ3) is 4.11. The number of benzene rings is 1. The molecule has 0 spiro atoms. The minimum Gasteiger partial charge on any atom is -0.390 e. The molecule has 2 aromatic heterocycles. The van der Waals surface area contributed by atoms with Crippen molar-refractivity contribution < 1.29 is 13.9 Å². The maximum Gasteiger partial charge on any atom is 0.127 e. The maximum absolute atomic E-state index is 13.6. The lowest BCUT2D eigenvalue weighted by Gasteiger charge is -2.12. The zero-order chi connectivity index (χ0) is 18.7. The molecule has 3 rings (SSSR count). The predicted molar refractivity (Wildman–Crippen MR) is 96.1 cm³/mol. The van der Waals surface area contributed by atoms with E-state index in [1.165, 1.54) is 23.9 Å². The third-order valence-electron chi connectivity index (χ3n) is 3.86. The van der Waals surface area contributed by atoms with E-state index in [1.54, 1.807) is 17.1 Å². The number of rotatable bonds is 6. The van der Waals surface area contributed by atoms with Gasteiger partial charge in [-0.25, -0.2) is 8.78 Å². The van der Waals surface area contributed by atoms with E-state index >= 15 is 0 Å². The molecule has 0 aliphatic heterocycles. The van der Waals surface area contributed by atoms with Crippen LogP contribution in [0.15, 0.2) is 52.6 Å². The van der Waals surface area contributed by atoms with Gasteiger partial charge in [-0.1, -0.05) is 11.8 Å². The molecule has 2 heterocycles. The Morgan fingerprint density at radius 1 is 1.12 bits per heavy atom. The first-order valence-corrected chi connectivity index (χ1v) is 9.03. The van der Waals surface area contributed by atoms with Crippen molar-refractivity contribution in [1.82, 2.24) is 14.8 Å². The first-order valence-electron chi connectivity index (χ1n) is 8.22. The largest absolute Gasteiger partial charge is 0.390 e. The topological polar surface area (TPSA) is 50.9 Å². The minimum absolute atomic E-state index is 0.0346. The number of aliphatic hydroxyl groups excluding tert-OH is 1. The van der Waals surface area contributed by atoms with Gasteiger partial charge in [-0.3, -0.25) is 9.67 Å². The van der Waals surface area contributed by atoms with E-state index in [4.69, 9.17) is 0 Å². The number of aliphatic hydroxyl groups is 1. The van der Waals surface area contributed by atoms with Crippen molar-refractivity contribution in [3.8, 4) is 0 Å². The highest BCUT2D eigenvalue weighted by Crippen LogP contribution is 2.36. The van der Waals surface area contributed by atoms with Gasteiger partial charge in [-0.15, -0.1) is 0 Å². The second-order valence-corrected chi connectivity index (χ2v) is 7.23. The number of pyridine rings is 1. The standard InChI is InChI=1S/C19H19F2N3OS/c1-12(2)24-19(26-16-9-14(20)8-15(21)10-16)17(18(11-25)23-24)7-13-3-5-22-6-4-13/h3-6,8-10,12,25H,7,11H2,1-2H3. The highest BCUT2D eigenvalue weighted by atomic mass is 32.2. The summed E-state index contributed by atoms with van der Waals surface area (Å²) in [5, 5.41) is 15.0. The van der Waals surface area contributed by atoms with Gasteiger partial charge in [0.25, 0.3) is 0 Å². The van der Waals surface area contributed by atoms with Crippen LogP contribution in [0.4, 0.5) is 8.78 Å². The van der Waals surface area contributed by atoms with Crippen LogP contribution in [0.3, 0.4) is 0 Å². The van der Waals surface area contributed by atoms with Crippen LogP contribution in [0.25, 0.3) is 0 Å². The fraction of sp³-hybridized carbons (Fsp3) is 0.263. The number of hydrogen-bond donors (Lipinski definition) is 1. The molecule has 0 unspecified atom stereocenters. The zero-order valence-corrected chi connectivity index (χ0v) is 15.3. The van der Waals surface area contributed by atoms with E-state index in [9.17, 15) is 13.9 Å². The van der Waals surface area contributed by atoms with Crippen LogP contribution in [-0.2, 0) is 13.0 Å². The Kier molecular flexibility index (Phi) is 5.68. The minimum atomic E-state index is -0.624. The van der Waals surface area contributed by atoms with Gasteiger partial charge in [-0.2, -0.15) is 5.10 Å². The number of hydrogen-bond acceptors (Lipinski definition) is 4. The first kappa shape index (κ1) is 18.5. The summed E-state index contributed by atoms with van der Waals surface area (Å²) < 4.78 is 29.0. The highest BCUT2D eigenvalue weighted by molar-refractivity contribution is 7.99. The van der Waals surface area contributed by atoms with Crippen molar-refractivity contribution in [3.63, 3.8) is 0 Å². The van der Waals surface area contributed by atoms with Gasteiger partial charge >= 0.3 is 0 Å². The Balaban J connectivity index is 2.07. The summed E-state index contributed by atoms with van der Waals surface area (Å²) in [7, 11) is 0. The van der Waals surface area contributed by atoms with Crippen molar-refractivity contribution in [2.75, 3.05) is 0 Å². The third-order valence-corrected chi connectivity index (χ3v) is 4.96. The summed E-state index contributed by atoms with van der Waals surface area (Å²) in [6.07, 6.45) is 3.95. The molecule has 136 valence electrons. The SMILES string of the molecule is CC(C)n1nc(CO)c(Cc2ccncc2)c1Sc1cc(F)cc(F)c1. The van der Waals surface area contributed by atoms with Gasteiger partial charge in [0.05, 0.1) is 12.3 Å². The van der Waals surface area contributed by atoms with Gasteiger partial charge in [0, 0.05) is 41.4 Å². The van der Waals surface area contributed by atoms with Crippen molar-refractivity contribution in [1.29, 1.82) is 0 Å². The molecule has 7 heteroatoms. The lowest BCUT2D eigenvalue weighted by atomic mass is 10.1. The number of halogens is 2. The molecule has 0 aliphatic rings. The number of nitrogens with zero attached hydrogens (tertiary/aromatic N) is 3. The van der Waals surface area contributed by atoms with Gasteiger partial charge in [-0.05, 0) is 43.7 Å². The van der Waals surface area contributed by atoms with Crippen LogP contribution in [0, 0.1) is 11.6 Å². The summed E-state index contributed by atoms with van der Waals surface area (Å²) in [5.74, 6) is -1.25. The molecule has 0 aliphatic carbocycles. The second kappa shape index (κ2) is 7.97. The van der Waals surface area contributed by atoms with Gasteiger partial charge in [0.15, 0.2) is 0 Å². The molecule has 0 saturated carbocycles. The molecule has 0 amide bonds. The summed E-state index contributed by atoms with van der Waals surface area (Å²) in [6.45, 7) is 3.74. The molecule has 0 atom stereocenters. The van der Waals surface area contributed by atoms with Crippen molar-refractivity contribution in [3.05, 3.63) is 71.2 Å². The van der Waals surface area contributed by atoms with Crippen molar-refractivity contribution in [2.45, 2.75) is 42.8 Å². The van der Waals surface area contributed by atoms with E-state index in [2.05, 4.69) is 10.1 Å². The van der Waals surface area contributed by atoms with E-state index in [0.29, 0.717) is 17.0 Å². The Morgan fingerprint density at radius 2 is 1.77 bits per heavy atom. The quantitative estimate of drug-likeness (QED) is 0.695. The van der Waals surface area contributed by atoms with Crippen LogP contribution >= 0.6 is 11.8 Å². The molecule has 0 saturated heterocycles. The first-order chi connectivity index (χ1) is 12.5. The normalized spacial score (nSPS) is 11.3. The average Bonchev–Trinajstić information content (AvgIpc) is 2.93. The van der Waals surface area contributed by atoms with E-state index in [-0.39, 0.29) is 12.6 Å². The average molecular weight is 375 g/mol. The summed E-state index contributed by atoms with van der Waals surface area (Å²) >= 11 is 1.25. The summed E-state index contributed by atoms with van der Waals surface area (Å²) in [5.41, 5.74) is 2.43. The second-order valence-electron chi connectivity index (χ2n) is 6.17. The van der Waals surface area contributed by atoms with Gasteiger partial charge in [0.1, 0.15) is 16.7 Å². The zero-order valence-electron chi connectivity index (χ0n) is 14.5. The van der Waals surface area contributed by atoms with Crippen LogP contribution < -0.4 is 0 Å². The number of aromatic nitrogens is 3. The van der Waals surface area contributed by atoms with E-state index < -0.39 is 11.6 Å². The van der Waals surface area contributed by atoms with E-state index in [0.717, 1.165) is 22.2 Å². The molecule has 1 N–H and O–H groups in total. The molecule has 0 bridgehead atoms. The summed E-state index contributed by atoms with van der Waals surface area (Å²) in [6, 6.07) is 7.25. The van der Waals surface area contributed by atoms with Crippen LogP contribution in [-0.4, -0.2) is 19.9 Å². The molecular weight excluding hydrogens is 356 g/mol. The van der Waals surface area contributed by atoms with Crippen molar-refractivity contribution in [2.24, 2.45) is 0 Å². The monoisotopic (exact) mass is 375 g/mol. The van der Waals surface area contributed by atoms with Gasteiger partial charge < -0.3 is 5.11 Å². The van der Waals surface area contributed by atoms with Crippen LogP contribution in [0.1, 0.15) is 36.7 Å². The fourth-order valence-corrected chi connectivity index (χ4v) is 3.89. The van der Waals surface area contributed by atoms with E-state index in [1.807, 2.05) is 26.0 Å². The van der Waals surface area contributed by atoms with Crippen LogP contribution in [0.5, 0.6) is 0 Å². The Labute approximate surface area is 154 Å². The summed E-state index contributed by atoms with van der Waals surface area (Å²) in [4.78, 5) is 4.46. The lowest BCUT2D eigenvalue weighted by molar-refractivity contribution is 0.273. The Bertz CT molecular complexity index is 877. The Hall–Kier alpha value is -2.25. The lowest BCUT2D eigenvalue weighted by Crippen LogP contribution is -2.05. The smallest absolute Gasteiger partial charge is 0.127 e. The Morgan fingerprint density at radius 3 is 2.35 bits per heavy atom. The molecule has 3 aromatic rings. The molecular formula is C19H19F2N3OS. The van der Waals surface area contributed by atoms with Crippen LogP contribution in [0.2, 0.25) is 0 Å². The molecule has 26 heavy (non-hydrogen) atoms. The highest BCUT2D eigenvalue weighted by Gasteiger charge is 2.21. The molecule has 0 fully saturated rings. The molecule has 0 radical (unpaired) electrons.